The second-order valence-electron chi connectivity index (χ2n) is 9.06. The second-order valence-corrected chi connectivity index (χ2v) is 9.06. The molecule has 0 fully saturated rings. The van der Waals surface area contributed by atoms with Crippen LogP contribution in [-0.4, -0.2) is 4.57 Å². The summed E-state index contributed by atoms with van der Waals surface area (Å²) in [6, 6.07) is 22.5. The molecule has 0 amide bonds. The van der Waals surface area contributed by atoms with E-state index >= 15 is 0 Å². The Labute approximate surface area is 172 Å². The summed E-state index contributed by atoms with van der Waals surface area (Å²) in [4.78, 5) is 0. The smallest absolute Gasteiger partial charge is 0.0544 e. The van der Waals surface area contributed by atoms with Crippen LogP contribution >= 0.6 is 0 Å². The van der Waals surface area contributed by atoms with Gasteiger partial charge in [0.15, 0.2) is 0 Å². The van der Waals surface area contributed by atoms with Crippen LogP contribution in [0.25, 0.3) is 33.1 Å². The van der Waals surface area contributed by atoms with Crippen molar-refractivity contribution in [1.29, 1.82) is 0 Å². The molecule has 2 aliphatic carbocycles. The van der Waals surface area contributed by atoms with Crippen molar-refractivity contribution in [3.63, 3.8) is 0 Å². The van der Waals surface area contributed by atoms with Gasteiger partial charge in [-0.05, 0) is 72.9 Å². The summed E-state index contributed by atoms with van der Waals surface area (Å²) in [7, 11) is 0. The minimum Gasteiger partial charge on any atom is -0.309 e. The molecule has 1 aromatic heterocycles. The van der Waals surface area contributed by atoms with Crippen LogP contribution in [0, 0.1) is 6.92 Å². The van der Waals surface area contributed by atoms with Gasteiger partial charge in [-0.25, -0.2) is 0 Å². The van der Waals surface area contributed by atoms with Crippen molar-refractivity contribution in [2.75, 3.05) is 0 Å². The number of fused-ring (bicyclic) bond motifs is 5. The Morgan fingerprint density at radius 1 is 0.862 bits per heavy atom. The van der Waals surface area contributed by atoms with E-state index in [4.69, 9.17) is 0 Å². The van der Waals surface area contributed by atoms with Gasteiger partial charge in [0.05, 0.1) is 11.0 Å². The average molecular weight is 376 g/mol. The minimum absolute atomic E-state index is 0.0947. The van der Waals surface area contributed by atoms with Crippen LogP contribution < -0.4 is 0 Å². The van der Waals surface area contributed by atoms with E-state index < -0.39 is 0 Å². The van der Waals surface area contributed by atoms with Gasteiger partial charge in [-0.3, -0.25) is 0 Å². The largest absolute Gasteiger partial charge is 0.309 e. The standard InChI is InChI=1S/C28H25N/c1-18-13-14-26-22(15-18)23-16-21-20-11-7-8-12-24(20)28(2,3)25(21)17-27(23)29(26)19-9-5-4-6-10-19/h4-7,9-11,13-17H,8,12H2,1-3H3. The Morgan fingerprint density at radius 3 is 2.48 bits per heavy atom. The molecule has 0 radical (unpaired) electrons. The molecular formula is C28H25N. The highest BCUT2D eigenvalue weighted by molar-refractivity contribution is 6.11. The number of aryl methyl sites for hydroxylation is 1. The van der Waals surface area contributed by atoms with Crippen molar-refractivity contribution in [3.8, 4) is 5.69 Å². The number of benzene rings is 3. The fraction of sp³-hybridized carbons (Fsp3) is 0.214. The monoisotopic (exact) mass is 375 g/mol. The van der Waals surface area contributed by atoms with E-state index in [2.05, 4.69) is 98.2 Å². The quantitative estimate of drug-likeness (QED) is 0.325. The van der Waals surface area contributed by atoms with E-state index in [1.54, 1.807) is 5.57 Å². The first-order valence-electron chi connectivity index (χ1n) is 10.6. The summed E-state index contributed by atoms with van der Waals surface area (Å²) in [5, 5.41) is 2.70. The third-order valence-corrected chi connectivity index (χ3v) is 6.96. The summed E-state index contributed by atoms with van der Waals surface area (Å²) in [5.41, 5.74) is 11.2. The Bertz CT molecular complexity index is 1360. The highest BCUT2D eigenvalue weighted by Crippen LogP contribution is 2.51. The Morgan fingerprint density at radius 2 is 1.66 bits per heavy atom. The van der Waals surface area contributed by atoms with Gasteiger partial charge in [0, 0.05) is 21.9 Å². The molecule has 4 aromatic rings. The summed E-state index contributed by atoms with van der Waals surface area (Å²) >= 11 is 0. The van der Waals surface area contributed by atoms with E-state index in [1.807, 2.05) is 0 Å². The molecule has 0 spiro atoms. The number of aromatic nitrogens is 1. The van der Waals surface area contributed by atoms with Gasteiger partial charge < -0.3 is 4.57 Å². The molecule has 2 aliphatic rings. The number of hydrogen-bond donors (Lipinski definition) is 0. The first-order chi connectivity index (χ1) is 14.1. The molecule has 1 nitrogen and oxygen atoms in total. The summed E-state index contributed by atoms with van der Waals surface area (Å²) in [6.07, 6.45) is 7.04. The first-order valence-corrected chi connectivity index (χ1v) is 10.6. The fourth-order valence-corrected chi connectivity index (χ4v) is 5.50. The van der Waals surface area contributed by atoms with E-state index in [9.17, 15) is 0 Å². The molecule has 0 bridgehead atoms. The average Bonchev–Trinajstić information content (AvgIpc) is 3.17. The Kier molecular flexibility index (Phi) is 3.33. The topological polar surface area (TPSA) is 4.93 Å². The molecule has 0 unspecified atom stereocenters. The Hall–Kier alpha value is -3.06. The predicted octanol–water partition coefficient (Wildman–Crippen LogP) is 7.49. The highest BCUT2D eigenvalue weighted by Gasteiger charge is 2.38. The van der Waals surface area contributed by atoms with Gasteiger partial charge in [0.1, 0.15) is 0 Å². The van der Waals surface area contributed by atoms with Gasteiger partial charge in [-0.1, -0.05) is 61.4 Å². The molecule has 142 valence electrons. The Balaban J connectivity index is 1.77. The van der Waals surface area contributed by atoms with Crippen LogP contribution in [0.3, 0.4) is 0 Å². The first kappa shape index (κ1) is 16.9. The molecule has 3 aromatic carbocycles. The SMILES string of the molecule is Cc1ccc2c(c1)c1cc3c(cc1n2-c1ccccc1)C(C)(C)C1=C3C=CCC1. The van der Waals surface area contributed by atoms with E-state index in [1.165, 1.54) is 56.2 Å². The van der Waals surface area contributed by atoms with Gasteiger partial charge in [0.25, 0.3) is 0 Å². The molecular weight excluding hydrogens is 350 g/mol. The van der Waals surface area contributed by atoms with Crippen LogP contribution in [-0.2, 0) is 5.41 Å². The van der Waals surface area contributed by atoms with Crippen molar-refractivity contribution in [1.82, 2.24) is 4.57 Å². The van der Waals surface area contributed by atoms with E-state index in [-0.39, 0.29) is 5.41 Å². The molecule has 29 heavy (non-hydrogen) atoms. The fourth-order valence-electron chi connectivity index (χ4n) is 5.50. The molecule has 1 heterocycles. The zero-order chi connectivity index (χ0) is 19.8. The number of rotatable bonds is 1. The van der Waals surface area contributed by atoms with Crippen molar-refractivity contribution in [2.24, 2.45) is 0 Å². The lowest BCUT2D eigenvalue weighted by Gasteiger charge is -2.25. The number of nitrogens with zero attached hydrogens (tertiary/aromatic N) is 1. The number of allylic oxidation sites excluding steroid dienone is 4. The molecule has 1 heteroatoms. The van der Waals surface area contributed by atoms with Gasteiger partial charge in [-0.2, -0.15) is 0 Å². The van der Waals surface area contributed by atoms with E-state index in [0.717, 1.165) is 6.42 Å². The van der Waals surface area contributed by atoms with Crippen LogP contribution in [0.2, 0.25) is 0 Å². The zero-order valence-corrected chi connectivity index (χ0v) is 17.3. The number of hydrogen-bond acceptors (Lipinski definition) is 0. The molecule has 0 aliphatic heterocycles. The normalized spacial score (nSPS) is 17.2. The van der Waals surface area contributed by atoms with Crippen LogP contribution in [0.4, 0.5) is 0 Å². The van der Waals surface area contributed by atoms with Gasteiger partial charge in [-0.15, -0.1) is 0 Å². The lowest BCUT2D eigenvalue weighted by Crippen LogP contribution is -2.17. The van der Waals surface area contributed by atoms with Gasteiger partial charge >= 0.3 is 0 Å². The number of para-hydroxylation sites is 1. The maximum Gasteiger partial charge on any atom is 0.0544 e. The second kappa shape index (κ2) is 5.73. The minimum atomic E-state index is 0.0947. The van der Waals surface area contributed by atoms with Crippen LogP contribution in [0.1, 0.15) is 43.4 Å². The van der Waals surface area contributed by atoms with Crippen molar-refractivity contribution >= 4 is 27.4 Å². The molecule has 0 N–H and O–H groups in total. The molecule has 0 atom stereocenters. The lowest BCUT2D eigenvalue weighted by atomic mass is 9.78. The third-order valence-electron chi connectivity index (χ3n) is 6.96. The van der Waals surface area contributed by atoms with Crippen molar-refractivity contribution < 1.29 is 0 Å². The lowest BCUT2D eigenvalue weighted by molar-refractivity contribution is 0.608. The maximum atomic E-state index is 2.47. The molecule has 0 saturated carbocycles. The molecule has 0 saturated heterocycles. The summed E-state index contributed by atoms with van der Waals surface area (Å²) in [6.45, 7) is 6.99. The summed E-state index contributed by atoms with van der Waals surface area (Å²) < 4.78 is 2.44. The van der Waals surface area contributed by atoms with E-state index in [0.29, 0.717) is 0 Å². The highest BCUT2D eigenvalue weighted by atomic mass is 15.0. The van der Waals surface area contributed by atoms with Gasteiger partial charge in [0.2, 0.25) is 0 Å². The van der Waals surface area contributed by atoms with Crippen molar-refractivity contribution in [3.05, 3.63) is 95.1 Å². The van der Waals surface area contributed by atoms with Crippen LogP contribution in [0.5, 0.6) is 0 Å². The predicted molar refractivity (Wildman–Crippen MR) is 124 cm³/mol. The zero-order valence-electron chi connectivity index (χ0n) is 17.3. The summed E-state index contributed by atoms with van der Waals surface area (Å²) in [5.74, 6) is 0. The van der Waals surface area contributed by atoms with Crippen molar-refractivity contribution in [2.45, 2.75) is 39.0 Å². The molecule has 6 rings (SSSR count). The maximum absolute atomic E-state index is 2.47. The van der Waals surface area contributed by atoms with Crippen LogP contribution in [0.15, 0.2) is 78.4 Å². The third kappa shape index (κ3) is 2.22.